The summed E-state index contributed by atoms with van der Waals surface area (Å²) in [6.07, 6.45) is 3.61. The molecular weight excluding hydrogens is 758 g/mol. The molecule has 4 heterocycles. The van der Waals surface area contributed by atoms with Crippen molar-refractivity contribution in [2.45, 2.75) is 57.5 Å². The van der Waals surface area contributed by atoms with Gasteiger partial charge in [0.05, 0.1) is 25.8 Å². The van der Waals surface area contributed by atoms with Crippen molar-refractivity contribution in [3.8, 4) is 22.5 Å². The van der Waals surface area contributed by atoms with E-state index in [1.165, 1.54) is 0 Å². The van der Waals surface area contributed by atoms with Crippen molar-refractivity contribution in [3.05, 3.63) is 66.8 Å². The number of anilines is 4. The van der Waals surface area contributed by atoms with Gasteiger partial charge < -0.3 is 32.7 Å². The lowest BCUT2D eigenvalue weighted by molar-refractivity contribution is 0.362. The third-order valence-corrected chi connectivity index (χ3v) is 10.9. The van der Waals surface area contributed by atoms with E-state index in [-0.39, 0.29) is 11.1 Å². The third kappa shape index (κ3) is 8.21. The molecule has 8 N–H and O–H groups in total. The molecule has 2 fully saturated rings. The fourth-order valence-electron chi connectivity index (χ4n) is 5.67. The minimum Gasteiger partial charge on any atom is -0.382 e. The zero-order chi connectivity index (χ0) is 35.0. The van der Waals surface area contributed by atoms with E-state index >= 15 is 0 Å². The van der Waals surface area contributed by atoms with Gasteiger partial charge in [-0.3, -0.25) is 0 Å². The monoisotopic (exact) mass is 794 g/mol. The molecular formula is C33H39BrCl4N10. The van der Waals surface area contributed by atoms with Crippen molar-refractivity contribution in [3.63, 3.8) is 0 Å². The fraction of sp³-hybridized carbons (Fsp3) is 0.394. The van der Waals surface area contributed by atoms with Crippen molar-refractivity contribution in [1.29, 1.82) is 0 Å². The number of nitrogens with two attached hydrogens (primary N) is 4. The highest BCUT2D eigenvalue weighted by Gasteiger charge is 2.30. The van der Waals surface area contributed by atoms with E-state index in [1.807, 2.05) is 25.1 Å². The van der Waals surface area contributed by atoms with Crippen molar-refractivity contribution in [2.75, 3.05) is 47.4 Å². The Balaban J connectivity index is 0.000000188. The second-order valence-electron chi connectivity index (χ2n) is 12.9. The van der Waals surface area contributed by atoms with Gasteiger partial charge in [-0.2, -0.15) is 0 Å². The molecule has 0 radical (unpaired) electrons. The smallest absolute Gasteiger partial charge is 0.164 e. The number of hydrogen-bond donors (Lipinski definition) is 4. The van der Waals surface area contributed by atoms with Crippen LogP contribution < -0.4 is 32.7 Å². The van der Waals surface area contributed by atoms with Crippen molar-refractivity contribution in [2.24, 2.45) is 11.5 Å². The van der Waals surface area contributed by atoms with E-state index in [0.717, 1.165) is 69.2 Å². The van der Waals surface area contributed by atoms with Crippen LogP contribution in [0.4, 0.5) is 23.3 Å². The number of aromatic nitrogens is 4. The van der Waals surface area contributed by atoms with Gasteiger partial charge in [0, 0.05) is 48.4 Å². The van der Waals surface area contributed by atoms with Crippen LogP contribution in [0, 0.1) is 6.92 Å². The molecule has 0 saturated carbocycles. The van der Waals surface area contributed by atoms with Gasteiger partial charge in [-0.05, 0) is 74.5 Å². The minimum atomic E-state index is -0.129. The number of halogens is 5. The molecule has 2 aromatic carbocycles. The molecule has 4 aromatic rings. The predicted molar refractivity (Wildman–Crippen MR) is 204 cm³/mol. The molecule has 10 nitrogen and oxygen atoms in total. The van der Waals surface area contributed by atoms with Gasteiger partial charge in [0.1, 0.15) is 16.0 Å². The van der Waals surface area contributed by atoms with Crippen LogP contribution in [0.3, 0.4) is 0 Å². The van der Waals surface area contributed by atoms with Crippen LogP contribution in [0.2, 0.25) is 20.1 Å². The standard InChI is InChI=1S/C17H21Cl2N5.C16H18BrCl2N5/c1-10-16(24-8-6-17(2,21)7-9-24)23-15(20)14(22-10)11-4-3-5-12(18)13(11)19;1-16(21)5-7-24(8-6-16)15-13(17)22-12(14(20)23-15)9-3-2-4-10(18)11(9)19/h3-5H,6-9,21H2,1-2H3,(H2,20,23);2-4H,5-8,21H2,1H3,(H2,20,23). The van der Waals surface area contributed by atoms with E-state index in [9.17, 15) is 0 Å². The number of nitrogens with zero attached hydrogens (tertiary/aromatic N) is 6. The van der Waals surface area contributed by atoms with Crippen molar-refractivity contribution < 1.29 is 0 Å². The van der Waals surface area contributed by atoms with Crippen LogP contribution in [0.15, 0.2) is 41.0 Å². The second-order valence-corrected chi connectivity index (χ2v) is 15.2. The Kier molecular flexibility index (Phi) is 11.2. The Labute approximate surface area is 309 Å². The molecule has 2 aliphatic heterocycles. The largest absolute Gasteiger partial charge is 0.382 e. The summed E-state index contributed by atoms with van der Waals surface area (Å²) in [5, 5.41) is 1.77. The van der Waals surface area contributed by atoms with E-state index in [1.54, 1.807) is 18.2 Å². The molecule has 0 amide bonds. The number of rotatable bonds is 4. The summed E-state index contributed by atoms with van der Waals surface area (Å²) in [4.78, 5) is 22.7. The van der Waals surface area contributed by atoms with Gasteiger partial charge in [0.25, 0.3) is 0 Å². The molecule has 2 aromatic heterocycles. The van der Waals surface area contributed by atoms with E-state index in [2.05, 4.69) is 59.5 Å². The summed E-state index contributed by atoms with van der Waals surface area (Å²) in [5.74, 6) is 2.20. The Hall–Kier alpha value is -2.64. The van der Waals surface area contributed by atoms with E-state index in [0.29, 0.717) is 58.8 Å². The molecule has 2 aliphatic rings. The number of hydrogen-bond acceptors (Lipinski definition) is 10. The van der Waals surface area contributed by atoms with Crippen LogP contribution in [-0.4, -0.2) is 57.2 Å². The van der Waals surface area contributed by atoms with Gasteiger partial charge in [0.15, 0.2) is 23.3 Å². The van der Waals surface area contributed by atoms with Gasteiger partial charge in [-0.25, -0.2) is 19.9 Å². The van der Waals surface area contributed by atoms with E-state index < -0.39 is 0 Å². The maximum absolute atomic E-state index is 6.29. The van der Waals surface area contributed by atoms with Crippen LogP contribution in [0.25, 0.3) is 22.5 Å². The molecule has 0 atom stereocenters. The highest BCUT2D eigenvalue weighted by Crippen LogP contribution is 2.39. The molecule has 0 bridgehead atoms. The first kappa shape index (κ1) is 36.6. The average molecular weight is 797 g/mol. The maximum Gasteiger partial charge on any atom is 0.164 e. The number of piperidine rings is 2. The Morgan fingerprint density at radius 3 is 1.50 bits per heavy atom. The lowest BCUT2D eigenvalue weighted by atomic mass is 9.91. The number of aryl methyl sites for hydroxylation is 1. The first-order chi connectivity index (χ1) is 22.6. The fourth-order valence-corrected chi connectivity index (χ4v) is 6.97. The van der Waals surface area contributed by atoms with E-state index in [4.69, 9.17) is 69.3 Å². The zero-order valence-electron chi connectivity index (χ0n) is 27.0. The lowest BCUT2D eigenvalue weighted by Gasteiger charge is -2.37. The van der Waals surface area contributed by atoms with Crippen LogP contribution in [-0.2, 0) is 0 Å². The van der Waals surface area contributed by atoms with Gasteiger partial charge >= 0.3 is 0 Å². The molecule has 48 heavy (non-hydrogen) atoms. The average Bonchev–Trinajstić information content (AvgIpc) is 3.03. The molecule has 6 rings (SSSR count). The van der Waals surface area contributed by atoms with Crippen LogP contribution in [0.5, 0.6) is 0 Å². The number of benzene rings is 2. The molecule has 256 valence electrons. The van der Waals surface area contributed by atoms with Crippen LogP contribution >= 0.6 is 62.3 Å². The normalized spacial score (nSPS) is 17.1. The third-order valence-electron chi connectivity index (χ3n) is 8.76. The molecule has 0 aliphatic carbocycles. The quantitative estimate of drug-likeness (QED) is 0.161. The molecule has 2 saturated heterocycles. The Morgan fingerprint density at radius 2 is 1.04 bits per heavy atom. The highest BCUT2D eigenvalue weighted by atomic mass is 79.9. The molecule has 15 heteroatoms. The highest BCUT2D eigenvalue weighted by molar-refractivity contribution is 9.10. The summed E-state index contributed by atoms with van der Waals surface area (Å²) in [6.45, 7) is 9.41. The van der Waals surface area contributed by atoms with Crippen LogP contribution in [0.1, 0.15) is 45.2 Å². The maximum atomic E-state index is 6.29. The topological polar surface area (TPSA) is 162 Å². The molecule has 0 unspecified atom stereocenters. The van der Waals surface area contributed by atoms with Crippen molar-refractivity contribution in [1.82, 2.24) is 19.9 Å². The first-order valence-electron chi connectivity index (χ1n) is 15.5. The minimum absolute atomic E-state index is 0.113. The summed E-state index contributed by atoms with van der Waals surface area (Å²) >= 11 is 28.3. The molecule has 0 spiro atoms. The zero-order valence-corrected chi connectivity index (χ0v) is 31.6. The number of nitrogen functional groups attached to an aromatic ring is 2. The first-order valence-corrected chi connectivity index (χ1v) is 17.8. The van der Waals surface area contributed by atoms with Gasteiger partial charge in [0.2, 0.25) is 0 Å². The second kappa shape index (κ2) is 14.7. The summed E-state index contributed by atoms with van der Waals surface area (Å²) in [5.41, 5.74) is 27.7. The van der Waals surface area contributed by atoms with Gasteiger partial charge in [-0.15, -0.1) is 0 Å². The van der Waals surface area contributed by atoms with Crippen molar-refractivity contribution >= 4 is 85.6 Å². The predicted octanol–water partition coefficient (Wildman–Crippen LogP) is 7.77. The Bertz CT molecular complexity index is 1670. The lowest BCUT2D eigenvalue weighted by Crippen LogP contribution is -2.48. The summed E-state index contributed by atoms with van der Waals surface area (Å²) in [7, 11) is 0. The Morgan fingerprint density at radius 1 is 0.646 bits per heavy atom. The van der Waals surface area contributed by atoms with Gasteiger partial charge in [-0.1, -0.05) is 70.7 Å². The summed E-state index contributed by atoms with van der Waals surface area (Å²) in [6, 6.07) is 10.7. The summed E-state index contributed by atoms with van der Waals surface area (Å²) < 4.78 is 0.628. The SMILES string of the molecule is CC1(N)CCN(c2nc(N)c(-c3cccc(Cl)c3Cl)nc2Br)CC1.Cc1nc(-c2cccc(Cl)c2Cl)c(N)nc1N1CCC(C)(N)CC1.